The second-order valence-electron chi connectivity index (χ2n) is 9.03. The molecule has 1 aliphatic heterocycles. The van der Waals surface area contributed by atoms with Crippen molar-refractivity contribution in [2.75, 3.05) is 26.5 Å². The minimum Gasteiger partial charge on any atom is -0.347 e. The van der Waals surface area contributed by atoms with Gasteiger partial charge in [-0.15, -0.1) is 0 Å². The summed E-state index contributed by atoms with van der Waals surface area (Å²) in [6.45, 7) is 1.90. The van der Waals surface area contributed by atoms with E-state index in [1.165, 1.54) is 24.0 Å². The molecular weight excluding hydrogens is 436 g/mol. The summed E-state index contributed by atoms with van der Waals surface area (Å²) < 4.78 is 1.63. The van der Waals surface area contributed by atoms with E-state index < -0.39 is 0 Å². The Balaban J connectivity index is 1.62. The van der Waals surface area contributed by atoms with Crippen LogP contribution in [0.5, 0.6) is 0 Å². The van der Waals surface area contributed by atoms with Crippen LogP contribution in [0.2, 0.25) is 0 Å². The van der Waals surface area contributed by atoms with Gasteiger partial charge in [-0.2, -0.15) is 0 Å². The van der Waals surface area contributed by atoms with Gasteiger partial charge in [-0.25, -0.2) is 15.0 Å². The van der Waals surface area contributed by atoms with Gasteiger partial charge in [0.15, 0.2) is 23.3 Å². The molecule has 1 spiro atoms. The van der Waals surface area contributed by atoms with E-state index in [-0.39, 0.29) is 29.7 Å². The number of nitrogens with one attached hydrogen (secondary N) is 2. The molecule has 3 heterocycles. The van der Waals surface area contributed by atoms with Crippen LogP contribution < -0.4 is 10.6 Å². The number of hydrogen-bond acceptors (Lipinski definition) is 8. The van der Waals surface area contributed by atoms with Crippen LogP contribution in [0.1, 0.15) is 39.0 Å². The Kier molecular flexibility index (Phi) is 6.36. The van der Waals surface area contributed by atoms with Crippen molar-refractivity contribution in [2.45, 2.75) is 51.2 Å². The van der Waals surface area contributed by atoms with E-state index in [9.17, 15) is 14.4 Å². The zero-order valence-corrected chi connectivity index (χ0v) is 20.0. The number of carbonyl (C=O) groups excluding carboxylic acids is 3. The highest BCUT2D eigenvalue weighted by atomic mass is 16.2. The molecule has 0 atom stereocenters. The maximum absolute atomic E-state index is 12.8. The van der Waals surface area contributed by atoms with E-state index in [2.05, 4.69) is 25.6 Å². The third-order valence-corrected chi connectivity index (χ3v) is 6.56. The topological polar surface area (TPSA) is 125 Å². The van der Waals surface area contributed by atoms with Crippen LogP contribution in [0.3, 0.4) is 0 Å². The van der Waals surface area contributed by atoms with Crippen LogP contribution in [0.4, 0.5) is 5.82 Å². The highest BCUT2D eigenvalue weighted by Crippen LogP contribution is 2.38. The van der Waals surface area contributed by atoms with Crippen LogP contribution >= 0.6 is 0 Å². The Labute approximate surface area is 197 Å². The van der Waals surface area contributed by atoms with Gasteiger partial charge in [-0.05, 0) is 44.3 Å². The zero-order chi connectivity index (χ0) is 24.5. The Bertz CT molecular complexity index is 1190. The van der Waals surface area contributed by atoms with Gasteiger partial charge in [-0.3, -0.25) is 14.4 Å². The van der Waals surface area contributed by atoms with Gasteiger partial charge in [0.05, 0.1) is 12.0 Å². The van der Waals surface area contributed by atoms with Crippen molar-refractivity contribution in [2.24, 2.45) is 0 Å². The lowest BCUT2D eigenvalue weighted by molar-refractivity contribution is -0.129. The molecule has 0 radical (unpaired) electrons. The molecular formula is C23H30N8O3. The molecule has 2 aliphatic rings. The van der Waals surface area contributed by atoms with Gasteiger partial charge in [0.1, 0.15) is 24.2 Å². The highest BCUT2D eigenvalue weighted by molar-refractivity contribution is 5.97. The quantitative estimate of drug-likeness (QED) is 0.484. The van der Waals surface area contributed by atoms with Gasteiger partial charge in [0.2, 0.25) is 5.91 Å². The number of amides is 2. The Morgan fingerprint density at radius 2 is 1.97 bits per heavy atom. The fourth-order valence-electron chi connectivity index (χ4n) is 4.67. The Hall–Kier alpha value is -3.76. The first-order valence-electron chi connectivity index (χ1n) is 11.3. The average molecular weight is 467 g/mol. The molecule has 11 nitrogen and oxygen atoms in total. The Morgan fingerprint density at radius 1 is 1.24 bits per heavy atom. The standard InChI is InChI=1S/C23H30N8O3/c1-15(19-22(34)28-23(30(19)4)8-6-5-7-9-23)10-16(12-32)27-20-18-21(25-13-24-20)31(14-26-18)11-17(33)29(2)3/h10,12-14H,5-9,11H2,1-4H3,(H,28,34)(H,24,25,27)/b16-10+,19-15-. The molecule has 2 N–H and O–H groups in total. The van der Waals surface area contributed by atoms with Crippen LogP contribution in [0.15, 0.2) is 35.7 Å². The SMILES string of the molecule is CC(/C=C(\C=O)Nc1ncnc2c1ncn2CC(=O)N(C)C)=C1\C(=O)NC2(CCCCC2)N1C. The molecule has 2 fully saturated rings. The number of aldehydes is 1. The molecule has 34 heavy (non-hydrogen) atoms. The summed E-state index contributed by atoms with van der Waals surface area (Å²) in [5.74, 6) is 0.111. The summed E-state index contributed by atoms with van der Waals surface area (Å²) in [6, 6.07) is 0. The van der Waals surface area contributed by atoms with E-state index in [0.29, 0.717) is 34.5 Å². The van der Waals surface area contributed by atoms with E-state index in [1.54, 1.807) is 24.7 Å². The average Bonchev–Trinajstić information content (AvgIpc) is 3.32. The first kappa shape index (κ1) is 23.4. The number of likely N-dealkylation sites (N-methyl/N-ethyl adjacent to an activating group) is 2. The molecule has 0 unspecified atom stereocenters. The molecule has 1 saturated heterocycles. The largest absolute Gasteiger partial charge is 0.347 e. The fraction of sp³-hybridized carbons (Fsp3) is 0.478. The number of fused-ring (bicyclic) bond motifs is 1. The third kappa shape index (κ3) is 4.25. The summed E-state index contributed by atoms with van der Waals surface area (Å²) in [5, 5.41) is 6.17. The van der Waals surface area contributed by atoms with Gasteiger partial charge in [0.25, 0.3) is 5.91 Å². The minimum atomic E-state index is -0.343. The van der Waals surface area contributed by atoms with Gasteiger partial charge >= 0.3 is 0 Å². The molecule has 4 rings (SSSR count). The second-order valence-corrected chi connectivity index (χ2v) is 9.03. The summed E-state index contributed by atoms with van der Waals surface area (Å²) >= 11 is 0. The van der Waals surface area contributed by atoms with E-state index in [0.717, 1.165) is 25.7 Å². The number of carbonyl (C=O) groups is 3. The molecule has 2 aromatic heterocycles. The van der Waals surface area contributed by atoms with Crippen LogP contribution in [0.25, 0.3) is 11.2 Å². The molecule has 2 aromatic rings. The van der Waals surface area contributed by atoms with E-state index >= 15 is 0 Å². The van der Waals surface area contributed by atoms with Crippen molar-refractivity contribution in [3.05, 3.63) is 35.7 Å². The van der Waals surface area contributed by atoms with Gasteiger partial charge in [0, 0.05) is 21.1 Å². The van der Waals surface area contributed by atoms with Crippen LogP contribution in [-0.4, -0.2) is 74.2 Å². The normalized spacial score (nSPS) is 19.4. The number of hydrogen-bond donors (Lipinski definition) is 2. The maximum Gasteiger partial charge on any atom is 0.269 e. The minimum absolute atomic E-state index is 0.0880. The van der Waals surface area contributed by atoms with Gasteiger partial charge in [-0.1, -0.05) is 6.42 Å². The number of imidazole rings is 1. The van der Waals surface area contributed by atoms with Crippen molar-refractivity contribution in [3.63, 3.8) is 0 Å². The lowest BCUT2D eigenvalue weighted by atomic mass is 9.88. The van der Waals surface area contributed by atoms with Crippen molar-refractivity contribution < 1.29 is 14.4 Å². The molecule has 2 amide bonds. The fourth-order valence-corrected chi connectivity index (χ4v) is 4.67. The smallest absolute Gasteiger partial charge is 0.269 e. The third-order valence-electron chi connectivity index (χ3n) is 6.56. The second kappa shape index (κ2) is 9.24. The molecule has 0 aromatic carbocycles. The number of rotatable bonds is 6. The van der Waals surface area contributed by atoms with E-state index in [4.69, 9.17) is 0 Å². The molecule has 11 heteroatoms. The van der Waals surface area contributed by atoms with Crippen LogP contribution in [-0.2, 0) is 20.9 Å². The zero-order valence-electron chi connectivity index (χ0n) is 20.0. The first-order chi connectivity index (χ1) is 16.3. The van der Waals surface area contributed by atoms with Crippen molar-refractivity contribution >= 4 is 35.1 Å². The highest BCUT2D eigenvalue weighted by Gasteiger charge is 2.46. The van der Waals surface area contributed by atoms with Gasteiger partial charge < -0.3 is 25.0 Å². The molecule has 1 aliphatic carbocycles. The van der Waals surface area contributed by atoms with Crippen molar-refractivity contribution in [3.8, 4) is 0 Å². The van der Waals surface area contributed by atoms with Crippen molar-refractivity contribution in [1.29, 1.82) is 0 Å². The number of anilines is 1. The first-order valence-corrected chi connectivity index (χ1v) is 11.3. The number of nitrogens with zero attached hydrogens (tertiary/aromatic N) is 6. The van der Waals surface area contributed by atoms with E-state index in [1.807, 2.05) is 18.9 Å². The number of aromatic nitrogens is 4. The predicted octanol–water partition coefficient (Wildman–Crippen LogP) is 1.41. The van der Waals surface area contributed by atoms with Crippen LogP contribution in [0, 0.1) is 0 Å². The molecule has 180 valence electrons. The monoisotopic (exact) mass is 466 g/mol. The number of allylic oxidation sites excluding steroid dienone is 3. The molecule has 1 saturated carbocycles. The lowest BCUT2D eigenvalue weighted by Crippen LogP contribution is -2.51. The maximum atomic E-state index is 12.8. The van der Waals surface area contributed by atoms with Crippen molar-refractivity contribution in [1.82, 2.24) is 34.6 Å². The Morgan fingerprint density at radius 3 is 2.65 bits per heavy atom. The predicted molar refractivity (Wildman–Crippen MR) is 126 cm³/mol. The molecule has 0 bridgehead atoms. The summed E-state index contributed by atoms with van der Waals surface area (Å²) in [5.41, 5.74) is 2.03. The lowest BCUT2D eigenvalue weighted by Gasteiger charge is -2.40. The summed E-state index contributed by atoms with van der Waals surface area (Å²) in [7, 11) is 5.29. The summed E-state index contributed by atoms with van der Waals surface area (Å²) in [6.07, 6.45) is 10.3. The summed E-state index contributed by atoms with van der Waals surface area (Å²) in [4.78, 5) is 53.1.